The highest BCUT2D eigenvalue weighted by Crippen LogP contribution is 2.36. The highest BCUT2D eigenvalue weighted by atomic mass is 32.1. The van der Waals surface area contributed by atoms with Gasteiger partial charge in [0.1, 0.15) is 0 Å². The summed E-state index contributed by atoms with van der Waals surface area (Å²) in [6.07, 6.45) is 3.73. The Morgan fingerprint density at radius 1 is 1.16 bits per heavy atom. The van der Waals surface area contributed by atoms with Crippen LogP contribution in [0.2, 0.25) is 0 Å². The molecule has 19 heavy (non-hydrogen) atoms. The Balaban J connectivity index is 1.47. The van der Waals surface area contributed by atoms with Gasteiger partial charge in [0, 0.05) is 17.5 Å². The topological polar surface area (TPSA) is 12.0 Å². The minimum atomic E-state index is 0.706. The second kappa shape index (κ2) is 5.89. The van der Waals surface area contributed by atoms with Gasteiger partial charge in [0.2, 0.25) is 0 Å². The van der Waals surface area contributed by atoms with Crippen LogP contribution in [-0.2, 0) is 13.0 Å². The molecule has 0 radical (unpaired) electrons. The molecule has 3 rings (SSSR count). The maximum absolute atomic E-state index is 3.71. The van der Waals surface area contributed by atoms with Crippen LogP contribution in [0.25, 0.3) is 0 Å². The number of thiophene rings is 1. The smallest absolute Gasteiger partial charge is 0.0305 e. The molecule has 1 aliphatic rings. The van der Waals surface area contributed by atoms with E-state index in [0.717, 1.165) is 18.9 Å². The number of hydrogen-bond donors (Lipinski definition) is 1. The molecule has 0 amide bonds. The van der Waals surface area contributed by atoms with Gasteiger partial charge in [0.25, 0.3) is 0 Å². The second-order valence-corrected chi connectivity index (χ2v) is 6.38. The van der Waals surface area contributed by atoms with Gasteiger partial charge >= 0.3 is 0 Å². The Labute approximate surface area is 119 Å². The standard InChI is InChI=1S/C17H21NS/c1-2-13-8-9-19-17(13)12-18-16-10-15(11-16)14-6-4-3-5-7-14/h3-9,15-16,18H,2,10-12H2,1H3. The molecule has 1 heterocycles. The van der Waals surface area contributed by atoms with Gasteiger partial charge < -0.3 is 5.32 Å². The van der Waals surface area contributed by atoms with E-state index in [0.29, 0.717) is 6.04 Å². The van der Waals surface area contributed by atoms with Crippen LogP contribution in [0.5, 0.6) is 0 Å². The molecule has 1 N–H and O–H groups in total. The molecular weight excluding hydrogens is 250 g/mol. The van der Waals surface area contributed by atoms with Crippen molar-refractivity contribution < 1.29 is 0 Å². The molecule has 0 bridgehead atoms. The first kappa shape index (κ1) is 12.9. The molecule has 2 heteroatoms. The van der Waals surface area contributed by atoms with Gasteiger partial charge in [-0.1, -0.05) is 37.3 Å². The predicted octanol–water partition coefficient (Wildman–Crippen LogP) is 4.35. The lowest BCUT2D eigenvalue weighted by Gasteiger charge is -2.36. The van der Waals surface area contributed by atoms with E-state index in [1.165, 1.54) is 28.8 Å². The summed E-state index contributed by atoms with van der Waals surface area (Å²) in [5, 5.41) is 5.92. The lowest BCUT2D eigenvalue weighted by atomic mass is 9.76. The van der Waals surface area contributed by atoms with Gasteiger partial charge in [0.05, 0.1) is 0 Å². The van der Waals surface area contributed by atoms with Crippen LogP contribution in [0.1, 0.15) is 41.7 Å². The van der Waals surface area contributed by atoms with Gasteiger partial charge in [-0.2, -0.15) is 0 Å². The van der Waals surface area contributed by atoms with Crippen molar-refractivity contribution in [3.05, 3.63) is 57.8 Å². The maximum atomic E-state index is 3.71. The molecule has 1 aromatic heterocycles. The zero-order chi connectivity index (χ0) is 13.1. The van der Waals surface area contributed by atoms with E-state index >= 15 is 0 Å². The van der Waals surface area contributed by atoms with E-state index in [4.69, 9.17) is 0 Å². The van der Waals surface area contributed by atoms with Crippen molar-refractivity contribution in [2.45, 2.75) is 44.7 Å². The van der Waals surface area contributed by atoms with Crippen LogP contribution >= 0.6 is 11.3 Å². The van der Waals surface area contributed by atoms with Crippen LogP contribution in [0.4, 0.5) is 0 Å². The minimum absolute atomic E-state index is 0.706. The molecule has 1 aromatic carbocycles. The molecule has 1 nitrogen and oxygen atoms in total. The van der Waals surface area contributed by atoms with Gasteiger partial charge in [-0.3, -0.25) is 0 Å². The van der Waals surface area contributed by atoms with Crippen molar-refractivity contribution in [2.75, 3.05) is 0 Å². The van der Waals surface area contributed by atoms with Crippen molar-refractivity contribution in [1.29, 1.82) is 0 Å². The SMILES string of the molecule is CCc1ccsc1CNC1CC(c2ccccc2)C1. The summed E-state index contributed by atoms with van der Waals surface area (Å²) in [6.45, 7) is 3.29. The maximum Gasteiger partial charge on any atom is 0.0305 e. The van der Waals surface area contributed by atoms with Gasteiger partial charge in [-0.05, 0) is 47.8 Å². The molecule has 1 saturated carbocycles. The van der Waals surface area contributed by atoms with Gasteiger partial charge in [-0.25, -0.2) is 0 Å². The van der Waals surface area contributed by atoms with Crippen LogP contribution in [0, 0.1) is 0 Å². The van der Waals surface area contributed by atoms with Crippen molar-refractivity contribution in [1.82, 2.24) is 5.32 Å². The summed E-state index contributed by atoms with van der Waals surface area (Å²) < 4.78 is 0. The highest BCUT2D eigenvalue weighted by molar-refractivity contribution is 7.10. The quantitative estimate of drug-likeness (QED) is 0.852. The third-order valence-electron chi connectivity index (χ3n) is 4.18. The molecule has 1 fully saturated rings. The molecule has 0 aliphatic heterocycles. The van der Waals surface area contributed by atoms with E-state index in [2.05, 4.69) is 54.0 Å². The summed E-state index contributed by atoms with van der Waals surface area (Å²) >= 11 is 1.89. The van der Waals surface area contributed by atoms with E-state index < -0.39 is 0 Å². The van der Waals surface area contributed by atoms with Crippen molar-refractivity contribution in [3.63, 3.8) is 0 Å². The lowest BCUT2D eigenvalue weighted by molar-refractivity contribution is 0.290. The van der Waals surface area contributed by atoms with E-state index in [1.807, 2.05) is 11.3 Å². The third-order valence-corrected chi connectivity index (χ3v) is 5.14. The molecule has 0 unspecified atom stereocenters. The Hall–Kier alpha value is -1.12. The fraction of sp³-hybridized carbons (Fsp3) is 0.412. The van der Waals surface area contributed by atoms with E-state index in [1.54, 1.807) is 0 Å². The Kier molecular flexibility index (Phi) is 4.00. The summed E-state index contributed by atoms with van der Waals surface area (Å²) in [4.78, 5) is 1.52. The zero-order valence-corrected chi connectivity index (χ0v) is 12.2. The summed E-state index contributed by atoms with van der Waals surface area (Å²) in [5.41, 5.74) is 3.02. The fourth-order valence-electron chi connectivity index (χ4n) is 2.86. The Bertz CT molecular complexity index is 511. The van der Waals surface area contributed by atoms with Crippen LogP contribution in [-0.4, -0.2) is 6.04 Å². The van der Waals surface area contributed by atoms with Crippen LogP contribution in [0.15, 0.2) is 41.8 Å². The van der Waals surface area contributed by atoms with Gasteiger partial charge in [0.15, 0.2) is 0 Å². The highest BCUT2D eigenvalue weighted by Gasteiger charge is 2.29. The van der Waals surface area contributed by atoms with Crippen molar-refractivity contribution in [3.8, 4) is 0 Å². The summed E-state index contributed by atoms with van der Waals surface area (Å²) in [5.74, 6) is 0.771. The van der Waals surface area contributed by atoms with Crippen LogP contribution in [0.3, 0.4) is 0 Å². The van der Waals surface area contributed by atoms with Crippen molar-refractivity contribution >= 4 is 11.3 Å². The monoisotopic (exact) mass is 271 g/mol. The van der Waals surface area contributed by atoms with E-state index in [-0.39, 0.29) is 0 Å². The Morgan fingerprint density at radius 2 is 1.95 bits per heavy atom. The number of nitrogens with one attached hydrogen (secondary N) is 1. The molecule has 100 valence electrons. The average Bonchev–Trinajstić information content (AvgIpc) is 2.85. The fourth-order valence-corrected chi connectivity index (χ4v) is 3.78. The lowest BCUT2D eigenvalue weighted by Crippen LogP contribution is -2.39. The normalized spacial score (nSPS) is 22.2. The second-order valence-electron chi connectivity index (χ2n) is 5.38. The first-order valence-electron chi connectivity index (χ1n) is 7.20. The molecule has 0 atom stereocenters. The van der Waals surface area contributed by atoms with E-state index in [9.17, 15) is 0 Å². The van der Waals surface area contributed by atoms with Crippen LogP contribution < -0.4 is 5.32 Å². The number of benzene rings is 1. The minimum Gasteiger partial charge on any atom is -0.309 e. The van der Waals surface area contributed by atoms with Crippen molar-refractivity contribution in [2.24, 2.45) is 0 Å². The largest absolute Gasteiger partial charge is 0.309 e. The Morgan fingerprint density at radius 3 is 2.68 bits per heavy atom. The third kappa shape index (κ3) is 2.90. The number of aryl methyl sites for hydroxylation is 1. The average molecular weight is 271 g/mol. The number of hydrogen-bond acceptors (Lipinski definition) is 2. The summed E-state index contributed by atoms with van der Waals surface area (Å²) in [6, 6.07) is 13.9. The first-order valence-corrected chi connectivity index (χ1v) is 8.08. The molecule has 1 aliphatic carbocycles. The predicted molar refractivity (Wildman–Crippen MR) is 82.7 cm³/mol. The zero-order valence-electron chi connectivity index (χ0n) is 11.4. The van der Waals surface area contributed by atoms with Gasteiger partial charge in [-0.15, -0.1) is 11.3 Å². The summed E-state index contributed by atoms with van der Waals surface area (Å²) in [7, 11) is 0. The molecule has 0 saturated heterocycles. The first-order chi connectivity index (χ1) is 9.36. The number of rotatable bonds is 5. The molecule has 2 aromatic rings. The molecular formula is C17H21NS. The molecule has 0 spiro atoms.